The van der Waals surface area contributed by atoms with E-state index in [1.807, 2.05) is 27.7 Å². The summed E-state index contributed by atoms with van der Waals surface area (Å²) in [7, 11) is -10.7. The zero-order valence-electron chi connectivity index (χ0n) is 11.3. The Kier molecular flexibility index (Phi) is 6.81. The summed E-state index contributed by atoms with van der Waals surface area (Å²) < 4.78 is 74.4. The van der Waals surface area contributed by atoms with Gasteiger partial charge in [-0.25, -0.2) is 9.48 Å². The van der Waals surface area contributed by atoms with Gasteiger partial charge < -0.3 is 0 Å². The van der Waals surface area contributed by atoms with Crippen molar-refractivity contribution in [3.8, 4) is 0 Å². The molecule has 0 radical (unpaired) electrons. The van der Waals surface area contributed by atoms with Gasteiger partial charge in [-0.2, -0.15) is 0 Å². The van der Waals surface area contributed by atoms with Crippen LogP contribution in [-0.2, 0) is 0 Å². The predicted octanol–water partition coefficient (Wildman–Crippen LogP) is 5.09. The Hall–Kier alpha value is -0.590. The van der Waals surface area contributed by atoms with Gasteiger partial charge in [0.25, 0.3) is 0 Å². The molecule has 19 heavy (non-hydrogen) atoms. The molecule has 0 aliphatic carbocycles. The molecule has 10 heteroatoms. The molecule has 0 aromatic heterocycles. The SMILES string of the molecule is CCN(CC)C(F)=[N+](CC)CC.F[P-](F)(F)(F)(F)F. The maximum atomic E-state index is 13.5. The van der Waals surface area contributed by atoms with Crippen LogP contribution in [-0.4, -0.2) is 41.7 Å². The van der Waals surface area contributed by atoms with Crippen molar-refractivity contribution in [2.75, 3.05) is 26.2 Å². The minimum atomic E-state index is -10.7. The molecule has 0 aliphatic heterocycles. The average Bonchev–Trinajstić information content (AvgIpc) is 2.16. The molecule has 0 aromatic carbocycles. The molecule has 0 bridgehead atoms. The normalized spacial score (nSPS) is 14.7. The van der Waals surface area contributed by atoms with E-state index >= 15 is 0 Å². The summed E-state index contributed by atoms with van der Waals surface area (Å²) in [6.07, 6.45) is -0.0926. The van der Waals surface area contributed by atoms with Gasteiger partial charge in [0.2, 0.25) is 0 Å². The molecule has 0 rings (SSSR count). The van der Waals surface area contributed by atoms with Crippen molar-refractivity contribution in [1.29, 1.82) is 0 Å². The minimum absolute atomic E-state index is 0.0926. The molecular weight excluding hydrogens is 300 g/mol. The van der Waals surface area contributed by atoms with E-state index in [1.165, 1.54) is 0 Å². The molecule has 0 aromatic rings. The Balaban J connectivity index is 0. The molecule has 2 nitrogen and oxygen atoms in total. The summed E-state index contributed by atoms with van der Waals surface area (Å²) in [5.74, 6) is 0. The van der Waals surface area contributed by atoms with Crippen LogP contribution in [0.15, 0.2) is 0 Å². The third-order valence-corrected chi connectivity index (χ3v) is 2.05. The molecule has 0 heterocycles. The van der Waals surface area contributed by atoms with Crippen LogP contribution in [0.4, 0.5) is 29.6 Å². The Labute approximate surface area is 108 Å². The Morgan fingerprint density at radius 1 is 0.842 bits per heavy atom. The van der Waals surface area contributed by atoms with Crippen molar-refractivity contribution in [2.45, 2.75) is 27.7 Å². The van der Waals surface area contributed by atoms with Crippen LogP contribution in [0.1, 0.15) is 27.7 Å². The van der Waals surface area contributed by atoms with Crippen LogP contribution in [0.3, 0.4) is 0 Å². The number of hydrogen-bond acceptors (Lipinski definition) is 0. The van der Waals surface area contributed by atoms with Gasteiger partial charge in [0, 0.05) is 0 Å². The molecule has 0 saturated carbocycles. The van der Waals surface area contributed by atoms with Crippen molar-refractivity contribution < 1.29 is 34.1 Å². The number of nitrogens with zero attached hydrogens (tertiary/aromatic N) is 2. The van der Waals surface area contributed by atoms with E-state index < -0.39 is 7.81 Å². The maximum absolute atomic E-state index is 13.5. The van der Waals surface area contributed by atoms with E-state index in [9.17, 15) is 29.6 Å². The molecule has 0 spiro atoms. The molecule has 0 N–H and O–H groups in total. The van der Waals surface area contributed by atoms with Gasteiger partial charge in [0.1, 0.15) is 0 Å². The van der Waals surface area contributed by atoms with Gasteiger partial charge in [-0.05, 0) is 27.7 Å². The van der Waals surface area contributed by atoms with Crippen LogP contribution in [0.25, 0.3) is 0 Å². The van der Waals surface area contributed by atoms with Gasteiger partial charge in [-0.1, -0.05) is 0 Å². The topological polar surface area (TPSA) is 6.25 Å². The quantitative estimate of drug-likeness (QED) is 0.175. The van der Waals surface area contributed by atoms with Crippen molar-refractivity contribution >= 4 is 13.9 Å². The van der Waals surface area contributed by atoms with E-state index in [0.29, 0.717) is 0 Å². The monoisotopic (exact) mass is 320 g/mol. The molecule has 0 saturated heterocycles. The molecule has 120 valence electrons. The summed E-state index contributed by atoms with van der Waals surface area (Å²) in [4.78, 5) is 1.73. The second-order valence-electron chi connectivity index (χ2n) is 3.57. The number of hydrogen-bond donors (Lipinski definition) is 0. The van der Waals surface area contributed by atoms with Gasteiger partial charge >= 0.3 is 39.1 Å². The van der Waals surface area contributed by atoms with E-state index in [0.717, 1.165) is 26.2 Å². The first-order chi connectivity index (χ1) is 8.15. The fourth-order valence-corrected chi connectivity index (χ4v) is 1.17. The number of rotatable bonds is 4. The van der Waals surface area contributed by atoms with Crippen molar-refractivity contribution in [2.24, 2.45) is 0 Å². The van der Waals surface area contributed by atoms with Crippen LogP contribution in [0.2, 0.25) is 0 Å². The first-order valence-electron chi connectivity index (χ1n) is 5.74. The fourth-order valence-electron chi connectivity index (χ4n) is 1.17. The molecule has 0 amide bonds. The summed E-state index contributed by atoms with van der Waals surface area (Å²) in [5, 5.41) is 0. The van der Waals surface area contributed by atoms with Crippen LogP contribution < -0.4 is 0 Å². The molecule has 0 fully saturated rings. The summed E-state index contributed by atoms with van der Waals surface area (Å²) in [6, 6.07) is 0. The van der Waals surface area contributed by atoms with Gasteiger partial charge in [0.15, 0.2) is 0 Å². The average molecular weight is 320 g/mol. The van der Waals surface area contributed by atoms with Gasteiger partial charge in [0.05, 0.1) is 26.2 Å². The molecule has 0 atom stereocenters. The third-order valence-electron chi connectivity index (χ3n) is 2.05. The third kappa shape index (κ3) is 17.4. The Morgan fingerprint density at radius 3 is 1.26 bits per heavy atom. The van der Waals surface area contributed by atoms with Crippen molar-refractivity contribution in [3.05, 3.63) is 0 Å². The summed E-state index contributed by atoms with van der Waals surface area (Å²) in [5.41, 5.74) is 0. The van der Waals surface area contributed by atoms with Gasteiger partial charge in [-0.15, -0.1) is 4.39 Å². The second kappa shape index (κ2) is 6.24. The molecule has 0 aliphatic rings. The Morgan fingerprint density at radius 2 is 1.11 bits per heavy atom. The summed E-state index contributed by atoms with van der Waals surface area (Å²) >= 11 is 0. The van der Waals surface area contributed by atoms with Crippen LogP contribution in [0, 0.1) is 0 Å². The van der Waals surface area contributed by atoms with Crippen molar-refractivity contribution in [1.82, 2.24) is 4.90 Å². The van der Waals surface area contributed by atoms with Gasteiger partial charge in [-0.3, -0.25) is 0 Å². The molecular formula is C9H20F7N2P. The number of halogens is 7. The Bertz CT molecular complexity index is 287. The zero-order chi connectivity index (χ0) is 16.0. The van der Waals surface area contributed by atoms with Crippen LogP contribution in [0.5, 0.6) is 0 Å². The molecule has 0 unspecified atom stereocenters. The first-order valence-corrected chi connectivity index (χ1v) is 7.77. The predicted molar refractivity (Wildman–Crippen MR) is 63.9 cm³/mol. The van der Waals surface area contributed by atoms with E-state index in [2.05, 4.69) is 0 Å². The van der Waals surface area contributed by atoms with E-state index in [4.69, 9.17) is 0 Å². The first kappa shape index (κ1) is 20.7. The van der Waals surface area contributed by atoms with Crippen LogP contribution >= 0.6 is 7.81 Å². The fraction of sp³-hybridized carbons (Fsp3) is 0.889. The van der Waals surface area contributed by atoms with Crippen molar-refractivity contribution in [3.63, 3.8) is 0 Å². The summed E-state index contributed by atoms with van der Waals surface area (Å²) in [6.45, 7) is 10.8. The standard InChI is InChI=1S/C9H20FN2.F6P/c1-5-11(6-2)9(10)12(7-3)8-4;1-7(2,3,4,5)6/h5-8H2,1-4H3;/q+1;-1. The number of amidine groups is 1. The van der Waals surface area contributed by atoms with E-state index in [-0.39, 0.29) is 6.09 Å². The zero-order valence-corrected chi connectivity index (χ0v) is 12.2. The van der Waals surface area contributed by atoms with E-state index in [1.54, 1.807) is 9.48 Å². The second-order valence-corrected chi connectivity index (χ2v) is 5.49.